The zero-order valence-electron chi connectivity index (χ0n) is 6.68. The molecule has 0 heterocycles. The zero-order valence-corrected chi connectivity index (χ0v) is 8.31. The molecule has 0 amide bonds. The minimum atomic E-state index is 0. The molecule has 0 unspecified atom stereocenters. The van der Waals surface area contributed by atoms with E-state index in [2.05, 4.69) is 6.92 Å². The van der Waals surface area contributed by atoms with Crippen molar-refractivity contribution in [3.63, 3.8) is 0 Å². The van der Waals surface area contributed by atoms with Crippen LogP contribution >= 0.6 is 24.8 Å². The van der Waals surface area contributed by atoms with Gasteiger partial charge < -0.3 is 4.90 Å². The van der Waals surface area contributed by atoms with E-state index in [-0.39, 0.29) is 24.8 Å². The molecule has 10 heavy (non-hydrogen) atoms. The van der Waals surface area contributed by atoms with Crippen LogP contribution in [0.3, 0.4) is 0 Å². The normalized spacial score (nSPS) is 7.10. The van der Waals surface area contributed by atoms with E-state index in [4.69, 9.17) is 5.41 Å². The summed E-state index contributed by atoms with van der Waals surface area (Å²) in [5.41, 5.74) is 0. The van der Waals surface area contributed by atoms with Crippen molar-refractivity contribution >= 4 is 30.6 Å². The Morgan fingerprint density at radius 2 is 1.70 bits per heavy atom. The maximum atomic E-state index is 7.27. The number of hydrogen-bond donors (Lipinski definition) is 1. The Morgan fingerprint density at radius 3 is 1.80 bits per heavy atom. The molecule has 0 aliphatic heterocycles. The monoisotopic (exact) mass is 186 g/mol. The predicted octanol–water partition coefficient (Wildman–Crippen LogP) is 2.17. The zero-order chi connectivity index (χ0) is 6.57. The molecule has 0 fully saturated rings. The molecule has 0 aromatic rings. The number of hydrogen-bond acceptors (Lipinski definition) is 1. The summed E-state index contributed by atoms with van der Waals surface area (Å²) in [5.74, 6) is 0.715. The number of amidine groups is 1. The molecule has 0 saturated carbocycles. The summed E-state index contributed by atoms with van der Waals surface area (Å²) in [6.45, 7) is 2.08. The first kappa shape index (κ1) is 16.6. The summed E-state index contributed by atoms with van der Waals surface area (Å²) in [4.78, 5) is 1.84. The number of nitrogens with zero attached hydrogens (tertiary/aromatic N) is 1. The minimum Gasteiger partial charge on any atom is -0.367 e. The molecule has 0 spiro atoms. The van der Waals surface area contributed by atoms with Crippen LogP contribution in [0.15, 0.2) is 0 Å². The van der Waals surface area contributed by atoms with Gasteiger partial charge in [0.25, 0.3) is 0 Å². The number of halogens is 2. The third-order valence-electron chi connectivity index (χ3n) is 1.03. The molecule has 4 heteroatoms. The van der Waals surface area contributed by atoms with E-state index in [0.717, 1.165) is 12.8 Å². The average Bonchev–Trinajstić information content (AvgIpc) is 1.67. The molecule has 2 nitrogen and oxygen atoms in total. The van der Waals surface area contributed by atoms with E-state index in [1.165, 1.54) is 0 Å². The van der Waals surface area contributed by atoms with Gasteiger partial charge in [0, 0.05) is 20.5 Å². The maximum absolute atomic E-state index is 7.27. The number of rotatable bonds is 2. The van der Waals surface area contributed by atoms with Crippen molar-refractivity contribution in [2.45, 2.75) is 19.8 Å². The molecule has 0 saturated heterocycles. The van der Waals surface area contributed by atoms with E-state index >= 15 is 0 Å². The first-order valence-corrected chi connectivity index (χ1v) is 2.93. The Labute approximate surface area is 75.3 Å². The van der Waals surface area contributed by atoms with Crippen molar-refractivity contribution in [3.8, 4) is 0 Å². The van der Waals surface area contributed by atoms with Crippen LogP contribution in [0, 0.1) is 5.41 Å². The fourth-order valence-corrected chi connectivity index (χ4v) is 0.460. The SMILES string of the molecule is CCCC(=N)N(C)C.Cl.Cl. The van der Waals surface area contributed by atoms with Crippen LogP contribution in [0.4, 0.5) is 0 Å². The van der Waals surface area contributed by atoms with E-state index in [0.29, 0.717) is 5.84 Å². The first-order valence-electron chi connectivity index (χ1n) is 2.93. The molecule has 0 bridgehead atoms. The fourth-order valence-electron chi connectivity index (χ4n) is 0.460. The van der Waals surface area contributed by atoms with Gasteiger partial charge in [-0.05, 0) is 6.42 Å². The number of nitrogens with one attached hydrogen (secondary N) is 1. The highest BCUT2D eigenvalue weighted by atomic mass is 35.5. The van der Waals surface area contributed by atoms with Gasteiger partial charge in [-0.1, -0.05) is 6.92 Å². The van der Waals surface area contributed by atoms with Crippen LogP contribution in [-0.4, -0.2) is 24.8 Å². The van der Waals surface area contributed by atoms with Gasteiger partial charge in [0.1, 0.15) is 0 Å². The molecule has 0 rings (SSSR count). The second-order valence-corrected chi connectivity index (χ2v) is 2.09. The van der Waals surface area contributed by atoms with Crippen LogP contribution in [0.5, 0.6) is 0 Å². The van der Waals surface area contributed by atoms with Gasteiger partial charge in [-0.2, -0.15) is 0 Å². The third-order valence-corrected chi connectivity index (χ3v) is 1.03. The minimum absolute atomic E-state index is 0. The molecule has 0 aliphatic rings. The Hall–Kier alpha value is 0.0500. The van der Waals surface area contributed by atoms with Gasteiger partial charge >= 0.3 is 0 Å². The highest BCUT2D eigenvalue weighted by Crippen LogP contribution is 1.90. The van der Waals surface area contributed by atoms with Gasteiger partial charge in [-0.15, -0.1) is 24.8 Å². The van der Waals surface area contributed by atoms with Crippen molar-refractivity contribution in [2.75, 3.05) is 14.1 Å². The van der Waals surface area contributed by atoms with E-state index in [1.54, 1.807) is 0 Å². The van der Waals surface area contributed by atoms with Crippen molar-refractivity contribution in [3.05, 3.63) is 0 Å². The molecular weight excluding hydrogens is 171 g/mol. The summed E-state index contributed by atoms with van der Waals surface area (Å²) in [6, 6.07) is 0. The Kier molecular flexibility index (Phi) is 15.0. The Balaban J connectivity index is -0.000000245. The van der Waals surface area contributed by atoms with Gasteiger partial charge in [-0.3, -0.25) is 5.41 Å². The highest BCUT2D eigenvalue weighted by molar-refractivity contribution is 5.85. The van der Waals surface area contributed by atoms with Gasteiger partial charge in [-0.25, -0.2) is 0 Å². The standard InChI is InChI=1S/C6H14N2.2ClH/c1-4-5-6(7)8(2)3;;/h7H,4-5H2,1-3H3;2*1H. The van der Waals surface area contributed by atoms with Crippen molar-refractivity contribution in [2.24, 2.45) is 0 Å². The molecule has 0 radical (unpaired) electrons. The van der Waals surface area contributed by atoms with Crippen molar-refractivity contribution in [1.82, 2.24) is 4.90 Å². The first-order chi connectivity index (χ1) is 3.68. The van der Waals surface area contributed by atoms with E-state index in [9.17, 15) is 0 Å². The second-order valence-electron chi connectivity index (χ2n) is 2.09. The van der Waals surface area contributed by atoms with Crippen LogP contribution < -0.4 is 0 Å². The van der Waals surface area contributed by atoms with Crippen LogP contribution in [0.1, 0.15) is 19.8 Å². The van der Waals surface area contributed by atoms with Crippen LogP contribution in [0.2, 0.25) is 0 Å². The Morgan fingerprint density at radius 1 is 1.30 bits per heavy atom. The molecule has 0 aliphatic carbocycles. The summed E-state index contributed by atoms with van der Waals surface area (Å²) < 4.78 is 0. The lowest BCUT2D eigenvalue weighted by Crippen LogP contribution is -2.19. The van der Waals surface area contributed by atoms with Crippen molar-refractivity contribution in [1.29, 1.82) is 5.41 Å². The summed E-state index contributed by atoms with van der Waals surface area (Å²) >= 11 is 0. The predicted molar refractivity (Wildman–Crippen MR) is 50.8 cm³/mol. The van der Waals surface area contributed by atoms with Crippen molar-refractivity contribution < 1.29 is 0 Å². The van der Waals surface area contributed by atoms with E-state index < -0.39 is 0 Å². The average molecular weight is 187 g/mol. The molecule has 0 aromatic heterocycles. The summed E-state index contributed by atoms with van der Waals surface area (Å²) in [6.07, 6.45) is 1.96. The lowest BCUT2D eigenvalue weighted by molar-refractivity contribution is 0.595. The van der Waals surface area contributed by atoms with E-state index in [1.807, 2.05) is 19.0 Å². The molecule has 64 valence electrons. The smallest absolute Gasteiger partial charge is 0.0952 e. The van der Waals surface area contributed by atoms with Gasteiger partial charge in [0.2, 0.25) is 0 Å². The summed E-state index contributed by atoms with van der Waals surface area (Å²) in [7, 11) is 3.80. The lowest BCUT2D eigenvalue weighted by atomic mass is 10.3. The quantitative estimate of drug-likeness (QED) is 0.520. The van der Waals surface area contributed by atoms with Gasteiger partial charge in [0.15, 0.2) is 0 Å². The van der Waals surface area contributed by atoms with Crippen LogP contribution in [0.25, 0.3) is 0 Å². The lowest BCUT2D eigenvalue weighted by Gasteiger charge is -2.11. The van der Waals surface area contributed by atoms with Gasteiger partial charge in [0.05, 0.1) is 5.84 Å². The third kappa shape index (κ3) is 8.05. The molecule has 1 N–H and O–H groups in total. The molecule has 0 atom stereocenters. The fraction of sp³-hybridized carbons (Fsp3) is 0.833. The largest absolute Gasteiger partial charge is 0.367 e. The molecule has 0 aromatic carbocycles. The highest BCUT2D eigenvalue weighted by Gasteiger charge is 1.93. The Bertz CT molecular complexity index is 83.8. The summed E-state index contributed by atoms with van der Waals surface area (Å²) in [5, 5.41) is 7.27. The maximum Gasteiger partial charge on any atom is 0.0952 e. The second kappa shape index (κ2) is 9.05. The molecular formula is C6H16Cl2N2. The topological polar surface area (TPSA) is 27.1 Å². The van der Waals surface area contributed by atoms with Crippen LogP contribution in [-0.2, 0) is 0 Å².